The molecule has 0 radical (unpaired) electrons. The van der Waals surface area contributed by atoms with Crippen molar-refractivity contribution in [3.05, 3.63) is 59.9 Å². The molecule has 2 N–H and O–H groups in total. The second-order valence-electron chi connectivity index (χ2n) is 4.03. The SMILES string of the molecule is Nc1cccc(COCCOc2ccccc2)c1F. The van der Waals surface area contributed by atoms with Crippen LogP contribution in [0.5, 0.6) is 5.75 Å². The third-order valence-corrected chi connectivity index (χ3v) is 2.61. The summed E-state index contributed by atoms with van der Waals surface area (Å²) in [6.45, 7) is 1.01. The molecule has 0 bridgehead atoms. The number of hydrogen-bond acceptors (Lipinski definition) is 3. The van der Waals surface area contributed by atoms with E-state index < -0.39 is 5.82 Å². The van der Waals surface area contributed by atoms with Crippen LogP contribution in [0.1, 0.15) is 5.56 Å². The van der Waals surface area contributed by atoms with Crippen LogP contribution in [0.3, 0.4) is 0 Å². The van der Waals surface area contributed by atoms with Crippen molar-refractivity contribution < 1.29 is 13.9 Å². The van der Waals surface area contributed by atoms with Crippen LogP contribution in [0.2, 0.25) is 0 Å². The molecule has 19 heavy (non-hydrogen) atoms. The zero-order valence-corrected chi connectivity index (χ0v) is 10.5. The van der Waals surface area contributed by atoms with Crippen molar-refractivity contribution in [3.8, 4) is 5.75 Å². The van der Waals surface area contributed by atoms with Gasteiger partial charge in [-0.25, -0.2) is 4.39 Å². The van der Waals surface area contributed by atoms with E-state index in [4.69, 9.17) is 15.2 Å². The van der Waals surface area contributed by atoms with E-state index in [1.807, 2.05) is 30.3 Å². The molecule has 4 heteroatoms. The summed E-state index contributed by atoms with van der Waals surface area (Å²) in [6, 6.07) is 14.4. The summed E-state index contributed by atoms with van der Waals surface area (Å²) in [5.74, 6) is 0.382. The molecule has 0 fully saturated rings. The number of benzene rings is 2. The van der Waals surface area contributed by atoms with E-state index in [-0.39, 0.29) is 12.3 Å². The van der Waals surface area contributed by atoms with Crippen molar-refractivity contribution in [1.29, 1.82) is 0 Å². The monoisotopic (exact) mass is 261 g/mol. The summed E-state index contributed by atoms with van der Waals surface area (Å²) >= 11 is 0. The van der Waals surface area contributed by atoms with Gasteiger partial charge >= 0.3 is 0 Å². The Hall–Kier alpha value is -2.07. The molecule has 0 spiro atoms. The maximum absolute atomic E-state index is 13.5. The highest BCUT2D eigenvalue weighted by Crippen LogP contribution is 2.15. The molecule has 0 aromatic heterocycles. The first kappa shape index (κ1) is 13.4. The minimum Gasteiger partial charge on any atom is -0.491 e. The predicted octanol–water partition coefficient (Wildman–Crippen LogP) is 3.00. The van der Waals surface area contributed by atoms with Gasteiger partial charge in [0.2, 0.25) is 0 Å². The van der Waals surface area contributed by atoms with Crippen molar-refractivity contribution in [2.45, 2.75) is 6.61 Å². The highest BCUT2D eigenvalue weighted by Gasteiger charge is 2.04. The summed E-state index contributed by atoms with van der Waals surface area (Å²) in [5, 5.41) is 0. The number of para-hydroxylation sites is 1. The lowest BCUT2D eigenvalue weighted by Gasteiger charge is -2.08. The fourth-order valence-corrected chi connectivity index (χ4v) is 1.63. The predicted molar refractivity (Wildman–Crippen MR) is 72.4 cm³/mol. The van der Waals surface area contributed by atoms with E-state index >= 15 is 0 Å². The summed E-state index contributed by atoms with van der Waals surface area (Å²) in [5.41, 5.74) is 6.07. The molecule has 0 unspecified atom stereocenters. The van der Waals surface area contributed by atoms with E-state index in [1.165, 1.54) is 6.07 Å². The number of anilines is 1. The Kier molecular flexibility index (Phi) is 4.75. The normalized spacial score (nSPS) is 10.4. The van der Waals surface area contributed by atoms with Gasteiger partial charge in [-0.2, -0.15) is 0 Å². The Labute approximate surface area is 111 Å². The van der Waals surface area contributed by atoms with Crippen molar-refractivity contribution >= 4 is 5.69 Å². The molecular weight excluding hydrogens is 245 g/mol. The lowest BCUT2D eigenvalue weighted by Crippen LogP contribution is -2.07. The van der Waals surface area contributed by atoms with Crippen LogP contribution in [0.25, 0.3) is 0 Å². The van der Waals surface area contributed by atoms with Crippen molar-refractivity contribution in [2.75, 3.05) is 18.9 Å². The molecule has 0 saturated heterocycles. The molecule has 0 atom stereocenters. The summed E-state index contributed by atoms with van der Waals surface area (Å²) in [7, 11) is 0. The summed E-state index contributed by atoms with van der Waals surface area (Å²) < 4.78 is 24.4. The fraction of sp³-hybridized carbons (Fsp3) is 0.200. The van der Waals surface area contributed by atoms with Gasteiger partial charge in [-0.3, -0.25) is 0 Å². The van der Waals surface area contributed by atoms with Gasteiger partial charge in [0, 0.05) is 5.56 Å². The third-order valence-electron chi connectivity index (χ3n) is 2.61. The Bertz CT molecular complexity index is 517. The van der Waals surface area contributed by atoms with Crippen LogP contribution in [0.15, 0.2) is 48.5 Å². The number of hydrogen-bond donors (Lipinski definition) is 1. The minimum atomic E-state index is -0.411. The van der Waals surface area contributed by atoms with Gasteiger partial charge in [0.25, 0.3) is 0 Å². The molecule has 0 saturated carbocycles. The molecule has 3 nitrogen and oxygen atoms in total. The molecule has 2 aromatic rings. The van der Waals surface area contributed by atoms with Gasteiger partial charge in [-0.1, -0.05) is 30.3 Å². The first-order valence-corrected chi connectivity index (χ1v) is 6.06. The Morgan fingerprint density at radius 3 is 2.53 bits per heavy atom. The standard InChI is InChI=1S/C15H16FNO2/c16-15-12(5-4-8-14(15)17)11-18-9-10-19-13-6-2-1-3-7-13/h1-8H,9-11,17H2. The molecule has 2 rings (SSSR count). The Balaban J connectivity index is 1.71. The molecule has 2 aromatic carbocycles. The molecule has 0 aliphatic heterocycles. The Morgan fingerprint density at radius 1 is 0.947 bits per heavy atom. The number of rotatable bonds is 6. The number of halogens is 1. The van der Waals surface area contributed by atoms with Gasteiger partial charge in [0.05, 0.1) is 18.9 Å². The molecular formula is C15H16FNO2. The van der Waals surface area contributed by atoms with Gasteiger partial charge in [-0.05, 0) is 18.2 Å². The number of ether oxygens (including phenoxy) is 2. The maximum atomic E-state index is 13.5. The van der Waals surface area contributed by atoms with Crippen LogP contribution >= 0.6 is 0 Å². The van der Waals surface area contributed by atoms with Crippen LogP contribution in [-0.2, 0) is 11.3 Å². The highest BCUT2D eigenvalue weighted by molar-refractivity contribution is 5.42. The largest absolute Gasteiger partial charge is 0.491 e. The van der Waals surface area contributed by atoms with Crippen molar-refractivity contribution in [3.63, 3.8) is 0 Å². The molecule has 0 aliphatic rings. The first-order chi connectivity index (χ1) is 9.27. The lowest BCUT2D eigenvalue weighted by atomic mass is 10.2. The van der Waals surface area contributed by atoms with E-state index in [1.54, 1.807) is 12.1 Å². The van der Waals surface area contributed by atoms with Crippen molar-refractivity contribution in [1.82, 2.24) is 0 Å². The molecule has 0 heterocycles. The molecule has 0 amide bonds. The average molecular weight is 261 g/mol. The van der Waals surface area contributed by atoms with E-state index in [0.717, 1.165) is 5.75 Å². The Morgan fingerprint density at radius 2 is 1.74 bits per heavy atom. The zero-order valence-electron chi connectivity index (χ0n) is 10.5. The second kappa shape index (κ2) is 6.75. The van der Waals surface area contributed by atoms with E-state index in [9.17, 15) is 4.39 Å². The van der Waals surface area contributed by atoms with Crippen LogP contribution in [-0.4, -0.2) is 13.2 Å². The van der Waals surface area contributed by atoms with Crippen molar-refractivity contribution in [2.24, 2.45) is 0 Å². The zero-order chi connectivity index (χ0) is 13.5. The summed E-state index contributed by atoms with van der Waals surface area (Å²) in [4.78, 5) is 0. The van der Waals surface area contributed by atoms with Crippen LogP contribution < -0.4 is 10.5 Å². The molecule has 0 aliphatic carbocycles. The quantitative estimate of drug-likeness (QED) is 0.642. The third kappa shape index (κ3) is 3.96. The minimum absolute atomic E-state index is 0.140. The fourth-order valence-electron chi connectivity index (χ4n) is 1.63. The van der Waals surface area contributed by atoms with Gasteiger partial charge in [0.15, 0.2) is 5.82 Å². The number of nitrogens with two attached hydrogens (primary N) is 1. The summed E-state index contributed by atoms with van der Waals surface area (Å²) in [6.07, 6.45) is 0. The van der Waals surface area contributed by atoms with Gasteiger partial charge in [-0.15, -0.1) is 0 Å². The number of nitrogen functional groups attached to an aromatic ring is 1. The van der Waals surface area contributed by atoms with Gasteiger partial charge in [0.1, 0.15) is 12.4 Å². The smallest absolute Gasteiger partial charge is 0.151 e. The van der Waals surface area contributed by atoms with E-state index in [0.29, 0.717) is 18.8 Å². The first-order valence-electron chi connectivity index (χ1n) is 6.06. The van der Waals surface area contributed by atoms with E-state index in [2.05, 4.69) is 0 Å². The van der Waals surface area contributed by atoms with Gasteiger partial charge < -0.3 is 15.2 Å². The lowest BCUT2D eigenvalue weighted by molar-refractivity contribution is 0.0872. The van der Waals surface area contributed by atoms with Crippen LogP contribution in [0, 0.1) is 5.82 Å². The average Bonchev–Trinajstić information content (AvgIpc) is 2.44. The second-order valence-corrected chi connectivity index (χ2v) is 4.03. The highest BCUT2D eigenvalue weighted by atomic mass is 19.1. The topological polar surface area (TPSA) is 44.5 Å². The molecule has 100 valence electrons. The maximum Gasteiger partial charge on any atom is 0.151 e. The van der Waals surface area contributed by atoms with Crippen LogP contribution in [0.4, 0.5) is 10.1 Å².